The first-order valence-corrected chi connectivity index (χ1v) is 4.30. The van der Waals surface area contributed by atoms with Crippen LogP contribution in [0.25, 0.3) is 11.0 Å². The molecule has 1 aromatic heterocycles. The maximum atomic E-state index is 5.37. The molecule has 2 rings (SSSR count). The minimum absolute atomic E-state index is 0.676. The lowest BCUT2D eigenvalue weighted by molar-refractivity contribution is 0.340. The number of hydrogen-bond donors (Lipinski definition) is 0. The van der Waals surface area contributed by atoms with Gasteiger partial charge in [0.05, 0.1) is 12.3 Å². The van der Waals surface area contributed by atoms with E-state index in [1.807, 2.05) is 32.0 Å². The monoisotopic (exact) mass is 177 g/mol. The Labute approximate surface area is 76.3 Å². The fourth-order valence-electron chi connectivity index (χ4n) is 1.29. The highest BCUT2D eigenvalue weighted by atomic mass is 16.5. The topological polar surface area (TPSA) is 35.3 Å². The number of benzene rings is 1. The van der Waals surface area contributed by atoms with E-state index in [0.29, 0.717) is 6.61 Å². The third-order valence-electron chi connectivity index (χ3n) is 1.93. The quantitative estimate of drug-likeness (QED) is 0.707. The molecule has 68 valence electrons. The largest absolute Gasteiger partial charge is 0.494 e. The molecule has 3 nitrogen and oxygen atoms in total. The van der Waals surface area contributed by atoms with Gasteiger partial charge in [-0.15, -0.1) is 0 Å². The second-order valence-corrected chi connectivity index (χ2v) is 2.86. The van der Waals surface area contributed by atoms with Crippen molar-refractivity contribution in [2.45, 2.75) is 13.8 Å². The Morgan fingerprint density at radius 2 is 2.31 bits per heavy atom. The van der Waals surface area contributed by atoms with Gasteiger partial charge >= 0.3 is 0 Å². The fraction of sp³-hybridized carbons (Fsp3) is 0.300. The van der Waals surface area contributed by atoms with Gasteiger partial charge in [0.2, 0.25) is 0 Å². The number of ether oxygens (including phenoxy) is 1. The van der Waals surface area contributed by atoms with Gasteiger partial charge in [-0.2, -0.15) is 0 Å². The van der Waals surface area contributed by atoms with Gasteiger partial charge in [-0.25, -0.2) is 0 Å². The molecule has 13 heavy (non-hydrogen) atoms. The van der Waals surface area contributed by atoms with Crippen molar-refractivity contribution in [3.8, 4) is 5.75 Å². The highest BCUT2D eigenvalue weighted by molar-refractivity contribution is 5.80. The highest BCUT2D eigenvalue weighted by Crippen LogP contribution is 2.23. The molecule has 0 saturated carbocycles. The van der Waals surface area contributed by atoms with Crippen molar-refractivity contribution in [3.05, 3.63) is 23.9 Å². The van der Waals surface area contributed by atoms with Gasteiger partial charge in [0, 0.05) is 5.39 Å². The summed E-state index contributed by atoms with van der Waals surface area (Å²) in [5.74, 6) is 0.862. The van der Waals surface area contributed by atoms with Crippen LogP contribution in [0.15, 0.2) is 22.7 Å². The molecular formula is C10H11NO2. The van der Waals surface area contributed by atoms with Gasteiger partial charge in [0.1, 0.15) is 5.75 Å². The Balaban J connectivity index is 2.53. The van der Waals surface area contributed by atoms with E-state index in [9.17, 15) is 0 Å². The smallest absolute Gasteiger partial charge is 0.167 e. The standard InChI is InChI=1S/C10H11NO2/c1-3-12-8-4-5-10-9(6-8)7(2)11-13-10/h4-6H,3H2,1-2H3. The van der Waals surface area contributed by atoms with Gasteiger partial charge in [-0.05, 0) is 32.0 Å². The van der Waals surface area contributed by atoms with E-state index < -0.39 is 0 Å². The molecule has 1 heterocycles. The zero-order valence-corrected chi connectivity index (χ0v) is 7.70. The summed E-state index contributed by atoms with van der Waals surface area (Å²) in [6, 6.07) is 5.71. The Bertz CT molecular complexity index is 420. The van der Waals surface area contributed by atoms with Crippen molar-refractivity contribution in [2.75, 3.05) is 6.61 Å². The number of aryl methyl sites for hydroxylation is 1. The zero-order chi connectivity index (χ0) is 9.26. The number of rotatable bonds is 2. The summed E-state index contributed by atoms with van der Waals surface area (Å²) >= 11 is 0. The van der Waals surface area contributed by atoms with E-state index in [4.69, 9.17) is 9.26 Å². The third-order valence-corrected chi connectivity index (χ3v) is 1.93. The van der Waals surface area contributed by atoms with Crippen LogP contribution in [0.5, 0.6) is 5.75 Å². The highest BCUT2D eigenvalue weighted by Gasteiger charge is 2.04. The molecule has 0 atom stereocenters. The summed E-state index contributed by atoms with van der Waals surface area (Å²) in [4.78, 5) is 0. The molecule has 0 aliphatic heterocycles. The molecule has 3 heteroatoms. The Morgan fingerprint density at radius 3 is 3.08 bits per heavy atom. The molecule has 0 radical (unpaired) electrons. The second-order valence-electron chi connectivity index (χ2n) is 2.86. The molecule has 0 bridgehead atoms. The molecule has 0 spiro atoms. The van der Waals surface area contributed by atoms with Crippen molar-refractivity contribution < 1.29 is 9.26 Å². The SMILES string of the molecule is CCOc1ccc2onc(C)c2c1. The van der Waals surface area contributed by atoms with E-state index in [1.165, 1.54) is 0 Å². The molecule has 2 aromatic rings. The summed E-state index contributed by atoms with van der Waals surface area (Å²) in [5, 5.41) is 4.89. The molecule has 0 aliphatic rings. The molecule has 0 N–H and O–H groups in total. The van der Waals surface area contributed by atoms with Crippen LogP contribution in [0.3, 0.4) is 0 Å². The predicted octanol–water partition coefficient (Wildman–Crippen LogP) is 2.53. The van der Waals surface area contributed by atoms with E-state index in [0.717, 1.165) is 22.4 Å². The van der Waals surface area contributed by atoms with Gasteiger partial charge in [0.25, 0.3) is 0 Å². The second kappa shape index (κ2) is 3.09. The van der Waals surface area contributed by atoms with Crippen LogP contribution in [0.1, 0.15) is 12.6 Å². The first-order valence-electron chi connectivity index (χ1n) is 4.30. The zero-order valence-electron chi connectivity index (χ0n) is 7.70. The maximum Gasteiger partial charge on any atom is 0.167 e. The first-order chi connectivity index (χ1) is 6.31. The van der Waals surface area contributed by atoms with Crippen LogP contribution >= 0.6 is 0 Å². The lowest BCUT2D eigenvalue weighted by Crippen LogP contribution is -1.90. The normalized spacial score (nSPS) is 10.6. The summed E-state index contributed by atoms with van der Waals surface area (Å²) < 4.78 is 10.4. The maximum absolute atomic E-state index is 5.37. The van der Waals surface area contributed by atoms with Gasteiger partial charge in [-0.1, -0.05) is 5.16 Å². The lowest BCUT2D eigenvalue weighted by Gasteiger charge is -2.00. The molecule has 0 unspecified atom stereocenters. The number of aromatic nitrogens is 1. The van der Waals surface area contributed by atoms with E-state index in [1.54, 1.807) is 0 Å². The number of fused-ring (bicyclic) bond motifs is 1. The molecule has 0 amide bonds. The van der Waals surface area contributed by atoms with Crippen LogP contribution in [-0.4, -0.2) is 11.8 Å². The fourth-order valence-corrected chi connectivity index (χ4v) is 1.29. The molecule has 0 fully saturated rings. The number of nitrogens with zero attached hydrogens (tertiary/aromatic N) is 1. The van der Waals surface area contributed by atoms with Crippen LogP contribution < -0.4 is 4.74 Å². The summed E-state index contributed by atoms with van der Waals surface area (Å²) in [6.07, 6.45) is 0. The van der Waals surface area contributed by atoms with Crippen LogP contribution in [0.2, 0.25) is 0 Å². The Kier molecular flexibility index (Phi) is 1.93. The summed E-state index contributed by atoms with van der Waals surface area (Å²) in [5.41, 5.74) is 1.71. The van der Waals surface area contributed by atoms with E-state index >= 15 is 0 Å². The summed E-state index contributed by atoms with van der Waals surface area (Å²) in [7, 11) is 0. The first kappa shape index (κ1) is 8.10. The van der Waals surface area contributed by atoms with Crippen molar-refractivity contribution in [3.63, 3.8) is 0 Å². The van der Waals surface area contributed by atoms with Gasteiger partial charge < -0.3 is 9.26 Å². The Morgan fingerprint density at radius 1 is 1.46 bits per heavy atom. The third kappa shape index (κ3) is 1.37. The van der Waals surface area contributed by atoms with Crippen molar-refractivity contribution in [1.82, 2.24) is 5.16 Å². The molecular weight excluding hydrogens is 166 g/mol. The van der Waals surface area contributed by atoms with Gasteiger partial charge in [0.15, 0.2) is 5.58 Å². The predicted molar refractivity (Wildman–Crippen MR) is 49.9 cm³/mol. The van der Waals surface area contributed by atoms with Crippen molar-refractivity contribution in [1.29, 1.82) is 0 Å². The van der Waals surface area contributed by atoms with Crippen LogP contribution in [0.4, 0.5) is 0 Å². The summed E-state index contributed by atoms with van der Waals surface area (Å²) in [6.45, 7) is 4.56. The molecule has 0 saturated heterocycles. The molecule has 1 aromatic carbocycles. The van der Waals surface area contributed by atoms with Crippen LogP contribution in [-0.2, 0) is 0 Å². The number of hydrogen-bond acceptors (Lipinski definition) is 3. The minimum Gasteiger partial charge on any atom is -0.494 e. The lowest BCUT2D eigenvalue weighted by atomic mass is 10.2. The van der Waals surface area contributed by atoms with E-state index in [-0.39, 0.29) is 0 Å². The van der Waals surface area contributed by atoms with E-state index in [2.05, 4.69) is 5.16 Å². The van der Waals surface area contributed by atoms with Gasteiger partial charge in [-0.3, -0.25) is 0 Å². The van der Waals surface area contributed by atoms with Crippen molar-refractivity contribution in [2.24, 2.45) is 0 Å². The molecule has 0 aliphatic carbocycles. The average Bonchev–Trinajstić information content (AvgIpc) is 2.49. The average molecular weight is 177 g/mol. The van der Waals surface area contributed by atoms with Crippen LogP contribution in [0, 0.1) is 6.92 Å². The Hall–Kier alpha value is -1.51. The minimum atomic E-state index is 0.676. The van der Waals surface area contributed by atoms with Crippen molar-refractivity contribution >= 4 is 11.0 Å².